The molecule has 3 heterocycles. The average molecular weight is 338 g/mol. The van der Waals surface area contributed by atoms with Gasteiger partial charge in [-0.15, -0.1) is 0 Å². The van der Waals surface area contributed by atoms with E-state index in [1.54, 1.807) is 14.8 Å². The Bertz CT molecular complexity index is 592. The van der Waals surface area contributed by atoms with Crippen LogP contribution in [-0.2, 0) is 16.8 Å². The van der Waals surface area contributed by atoms with Gasteiger partial charge in [0.25, 0.3) is 10.2 Å². The monoisotopic (exact) mass is 338 g/mol. The Morgan fingerprint density at radius 3 is 2.35 bits per heavy atom. The summed E-state index contributed by atoms with van der Waals surface area (Å²) >= 11 is 0. The number of pyridine rings is 1. The van der Waals surface area contributed by atoms with E-state index in [1.807, 2.05) is 12.3 Å². The van der Waals surface area contributed by atoms with E-state index < -0.39 is 10.2 Å². The van der Waals surface area contributed by atoms with Crippen LogP contribution >= 0.6 is 0 Å². The summed E-state index contributed by atoms with van der Waals surface area (Å²) in [6.45, 7) is 7.07. The number of nitrogens with zero attached hydrogens (tertiary/aromatic N) is 4. The normalized spacial score (nSPS) is 23.2. The highest BCUT2D eigenvalue weighted by atomic mass is 32.2. The molecule has 0 aliphatic carbocycles. The first-order valence-corrected chi connectivity index (χ1v) is 9.82. The molecule has 0 unspecified atom stereocenters. The molecule has 0 spiro atoms. The van der Waals surface area contributed by atoms with E-state index in [1.165, 1.54) is 5.56 Å². The van der Waals surface area contributed by atoms with Gasteiger partial charge in [0.1, 0.15) is 0 Å². The van der Waals surface area contributed by atoms with Crippen LogP contribution in [0.5, 0.6) is 0 Å². The summed E-state index contributed by atoms with van der Waals surface area (Å²) < 4.78 is 28.8. The highest BCUT2D eigenvalue weighted by Crippen LogP contribution is 2.21. The molecule has 2 fully saturated rings. The van der Waals surface area contributed by atoms with Gasteiger partial charge in [-0.2, -0.15) is 17.0 Å². The molecule has 0 bridgehead atoms. The van der Waals surface area contributed by atoms with Crippen LogP contribution in [0, 0.1) is 5.92 Å². The summed E-state index contributed by atoms with van der Waals surface area (Å²) in [5.41, 5.74) is 1.17. The van der Waals surface area contributed by atoms with Gasteiger partial charge in [-0.05, 0) is 30.4 Å². The maximum Gasteiger partial charge on any atom is 0.282 e. The fourth-order valence-electron chi connectivity index (χ4n) is 3.25. The second kappa shape index (κ2) is 7.25. The third-order valence-corrected chi connectivity index (χ3v) is 6.89. The maximum absolute atomic E-state index is 12.7. The van der Waals surface area contributed by atoms with Crippen molar-refractivity contribution in [3.63, 3.8) is 0 Å². The first-order valence-electron chi connectivity index (χ1n) is 8.42. The van der Waals surface area contributed by atoms with Gasteiger partial charge in [0, 0.05) is 58.2 Å². The SMILES string of the molecule is CC1CCN(S(=O)(=O)N2CCN(Cc3cccnc3)CC2)CC1. The summed E-state index contributed by atoms with van der Waals surface area (Å²) in [5, 5.41) is 0. The molecular weight excluding hydrogens is 312 g/mol. The zero-order valence-corrected chi connectivity index (χ0v) is 14.6. The van der Waals surface area contributed by atoms with E-state index >= 15 is 0 Å². The molecule has 0 amide bonds. The zero-order valence-electron chi connectivity index (χ0n) is 13.8. The molecule has 3 rings (SSSR count). The molecule has 0 N–H and O–H groups in total. The van der Waals surface area contributed by atoms with Crippen LogP contribution in [0.4, 0.5) is 0 Å². The van der Waals surface area contributed by atoms with Crippen molar-refractivity contribution in [3.05, 3.63) is 30.1 Å². The summed E-state index contributed by atoms with van der Waals surface area (Å²) in [6, 6.07) is 4.00. The molecule has 2 aliphatic heterocycles. The smallest absolute Gasteiger partial charge is 0.282 e. The minimum atomic E-state index is -3.28. The minimum absolute atomic E-state index is 0.578. The van der Waals surface area contributed by atoms with Gasteiger partial charge in [-0.1, -0.05) is 13.0 Å². The second-order valence-corrected chi connectivity index (χ2v) is 8.55. The molecule has 7 heteroatoms. The number of piperidine rings is 1. The summed E-state index contributed by atoms with van der Waals surface area (Å²) in [4.78, 5) is 6.42. The molecule has 1 aromatic heterocycles. The molecule has 128 valence electrons. The van der Waals surface area contributed by atoms with E-state index in [0.717, 1.165) is 32.5 Å². The van der Waals surface area contributed by atoms with E-state index in [9.17, 15) is 8.42 Å². The van der Waals surface area contributed by atoms with Crippen molar-refractivity contribution in [2.75, 3.05) is 39.3 Å². The van der Waals surface area contributed by atoms with Crippen molar-refractivity contribution in [1.82, 2.24) is 18.5 Å². The van der Waals surface area contributed by atoms with Crippen LogP contribution in [0.15, 0.2) is 24.5 Å². The van der Waals surface area contributed by atoms with Crippen LogP contribution in [0.25, 0.3) is 0 Å². The molecule has 0 aromatic carbocycles. The van der Waals surface area contributed by atoms with Gasteiger partial charge < -0.3 is 0 Å². The highest BCUT2D eigenvalue weighted by Gasteiger charge is 2.33. The molecule has 0 radical (unpaired) electrons. The Kier molecular flexibility index (Phi) is 5.31. The zero-order chi connectivity index (χ0) is 16.3. The van der Waals surface area contributed by atoms with E-state index in [2.05, 4.69) is 22.9 Å². The van der Waals surface area contributed by atoms with E-state index in [4.69, 9.17) is 0 Å². The van der Waals surface area contributed by atoms with Crippen LogP contribution < -0.4 is 0 Å². The van der Waals surface area contributed by atoms with Crippen molar-refractivity contribution >= 4 is 10.2 Å². The van der Waals surface area contributed by atoms with Gasteiger partial charge in [0.2, 0.25) is 0 Å². The van der Waals surface area contributed by atoms with Gasteiger partial charge in [0.15, 0.2) is 0 Å². The summed E-state index contributed by atoms with van der Waals surface area (Å²) in [7, 11) is -3.28. The second-order valence-electron chi connectivity index (χ2n) is 6.63. The third kappa shape index (κ3) is 4.09. The minimum Gasteiger partial charge on any atom is -0.296 e. The number of piperazine rings is 1. The van der Waals surface area contributed by atoms with Crippen LogP contribution in [-0.4, -0.2) is 66.2 Å². The number of hydrogen-bond acceptors (Lipinski definition) is 4. The molecule has 2 aliphatic rings. The van der Waals surface area contributed by atoms with Gasteiger partial charge >= 0.3 is 0 Å². The molecular formula is C16H26N4O2S. The van der Waals surface area contributed by atoms with Crippen LogP contribution in [0.1, 0.15) is 25.3 Å². The largest absolute Gasteiger partial charge is 0.296 e. The number of aromatic nitrogens is 1. The Balaban J connectivity index is 1.54. The standard InChI is InChI=1S/C16H26N4O2S/c1-15-4-7-19(8-5-15)23(21,22)20-11-9-18(10-12-20)14-16-3-2-6-17-13-16/h2-3,6,13,15H,4-5,7-12,14H2,1H3. The Morgan fingerprint density at radius 2 is 1.74 bits per heavy atom. The fraction of sp³-hybridized carbons (Fsp3) is 0.688. The molecule has 6 nitrogen and oxygen atoms in total. The Hall–Kier alpha value is -1.02. The average Bonchev–Trinajstić information content (AvgIpc) is 2.57. The molecule has 23 heavy (non-hydrogen) atoms. The molecule has 1 aromatic rings. The molecule has 2 saturated heterocycles. The lowest BCUT2D eigenvalue weighted by Gasteiger charge is -2.38. The topological polar surface area (TPSA) is 56.8 Å². The first-order chi connectivity index (χ1) is 11.1. The van der Waals surface area contributed by atoms with E-state index in [-0.39, 0.29) is 0 Å². The van der Waals surface area contributed by atoms with Crippen molar-refractivity contribution in [1.29, 1.82) is 0 Å². The lowest BCUT2D eigenvalue weighted by Crippen LogP contribution is -2.53. The lowest BCUT2D eigenvalue weighted by molar-refractivity contribution is 0.170. The summed E-state index contributed by atoms with van der Waals surface area (Å²) in [6.07, 6.45) is 5.59. The quantitative estimate of drug-likeness (QED) is 0.827. The van der Waals surface area contributed by atoms with Gasteiger partial charge in [-0.3, -0.25) is 9.88 Å². The fourth-order valence-corrected chi connectivity index (χ4v) is 4.87. The van der Waals surface area contributed by atoms with E-state index in [0.29, 0.717) is 32.1 Å². The predicted molar refractivity (Wildman–Crippen MR) is 90.0 cm³/mol. The van der Waals surface area contributed by atoms with Gasteiger partial charge in [-0.25, -0.2) is 0 Å². The van der Waals surface area contributed by atoms with Crippen molar-refractivity contribution in [3.8, 4) is 0 Å². The van der Waals surface area contributed by atoms with Crippen molar-refractivity contribution in [2.45, 2.75) is 26.3 Å². The van der Waals surface area contributed by atoms with Crippen LogP contribution in [0.3, 0.4) is 0 Å². The number of rotatable bonds is 4. The predicted octanol–water partition coefficient (Wildman–Crippen LogP) is 1.18. The lowest BCUT2D eigenvalue weighted by atomic mass is 10.0. The Labute approximate surface area is 139 Å². The maximum atomic E-state index is 12.7. The van der Waals surface area contributed by atoms with Gasteiger partial charge in [0.05, 0.1) is 0 Å². The van der Waals surface area contributed by atoms with Crippen molar-refractivity contribution < 1.29 is 8.42 Å². The summed E-state index contributed by atoms with van der Waals surface area (Å²) in [5.74, 6) is 0.637. The van der Waals surface area contributed by atoms with Crippen LogP contribution in [0.2, 0.25) is 0 Å². The van der Waals surface area contributed by atoms with Crippen molar-refractivity contribution in [2.24, 2.45) is 5.92 Å². The first kappa shape index (κ1) is 16.8. The molecule has 0 saturated carbocycles. The molecule has 0 atom stereocenters. The number of hydrogen-bond donors (Lipinski definition) is 0. The Morgan fingerprint density at radius 1 is 1.09 bits per heavy atom. The highest BCUT2D eigenvalue weighted by molar-refractivity contribution is 7.86. The third-order valence-electron chi connectivity index (χ3n) is 4.86.